The number of hydroxylamine groups is 2. The average Bonchev–Trinajstić information content (AvgIpc) is 2.82. The molecule has 0 atom stereocenters. The van der Waals surface area contributed by atoms with Gasteiger partial charge in [-0.05, 0) is 37.1 Å². The Balaban J connectivity index is 1.66. The molecule has 2 aliphatic rings. The number of carbonyl (C=O) groups is 3. The molecule has 2 amide bonds. The molecule has 2 aromatic carbocycles. The van der Waals surface area contributed by atoms with E-state index < -0.39 is 23.2 Å². The third-order valence-electron chi connectivity index (χ3n) is 4.97. The van der Waals surface area contributed by atoms with Crippen LogP contribution in [0.15, 0.2) is 42.5 Å². The van der Waals surface area contributed by atoms with E-state index in [2.05, 4.69) is 0 Å². The van der Waals surface area contributed by atoms with E-state index in [0.29, 0.717) is 33.5 Å². The number of carbonyl (C=O) groups excluding carboxylic acids is 3. The predicted molar refractivity (Wildman–Crippen MR) is 95.0 cm³/mol. The van der Waals surface area contributed by atoms with Crippen molar-refractivity contribution < 1.29 is 19.2 Å². The zero-order valence-electron chi connectivity index (χ0n) is 13.5. The fraction of sp³-hybridized carbons (Fsp3) is 0.211. The maximum atomic E-state index is 13.0. The third-order valence-corrected chi connectivity index (χ3v) is 5.60. The Labute approximate surface area is 159 Å². The number of halogens is 2. The number of rotatable bonds is 3. The highest BCUT2D eigenvalue weighted by molar-refractivity contribution is 6.36. The average molecular weight is 390 g/mol. The lowest BCUT2D eigenvalue weighted by atomic mass is 9.64. The van der Waals surface area contributed by atoms with Crippen molar-refractivity contribution in [3.05, 3.63) is 69.2 Å². The first kappa shape index (κ1) is 17.1. The number of fused-ring (bicyclic) bond motifs is 1. The van der Waals surface area contributed by atoms with Gasteiger partial charge in [-0.15, -0.1) is 0 Å². The van der Waals surface area contributed by atoms with E-state index in [1.165, 1.54) is 12.1 Å². The molecule has 0 unspecified atom stereocenters. The molecule has 1 saturated carbocycles. The Morgan fingerprint density at radius 3 is 1.92 bits per heavy atom. The van der Waals surface area contributed by atoms with E-state index >= 15 is 0 Å². The fourth-order valence-electron chi connectivity index (χ4n) is 3.46. The van der Waals surface area contributed by atoms with Crippen molar-refractivity contribution >= 4 is 41.0 Å². The highest BCUT2D eigenvalue weighted by atomic mass is 35.5. The molecular weight excluding hydrogens is 377 g/mol. The van der Waals surface area contributed by atoms with Crippen LogP contribution in [0.1, 0.15) is 45.5 Å². The summed E-state index contributed by atoms with van der Waals surface area (Å²) in [5, 5.41) is 1.24. The molecule has 0 aromatic heterocycles. The van der Waals surface area contributed by atoms with Gasteiger partial charge in [0, 0.05) is 15.6 Å². The fourth-order valence-corrected chi connectivity index (χ4v) is 4.22. The Morgan fingerprint density at radius 1 is 0.923 bits per heavy atom. The number of hydrogen-bond acceptors (Lipinski definition) is 4. The van der Waals surface area contributed by atoms with Gasteiger partial charge in [0.25, 0.3) is 11.8 Å². The lowest BCUT2D eigenvalue weighted by molar-refractivity contribution is -0.179. The first-order valence-electron chi connectivity index (χ1n) is 8.10. The Bertz CT molecular complexity index is 897. The molecule has 0 N–H and O–H groups in total. The van der Waals surface area contributed by atoms with Crippen LogP contribution in [0.25, 0.3) is 0 Å². The summed E-state index contributed by atoms with van der Waals surface area (Å²) in [5.74, 6) is -2.01. The number of benzene rings is 2. The van der Waals surface area contributed by atoms with Crippen LogP contribution >= 0.6 is 23.2 Å². The van der Waals surface area contributed by atoms with Gasteiger partial charge in [-0.3, -0.25) is 9.59 Å². The molecule has 132 valence electrons. The largest absolute Gasteiger partial charge is 0.343 e. The second kappa shape index (κ2) is 6.11. The minimum Gasteiger partial charge on any atom is -0.329 e. The van der Waals surface area contributed by atoms with Gasteiger partial charge < -0.3 is 4.84 Å². The second-order valence-corrected chi connectivity index (χ2v) is 7.18. The number of imide groups is 1. The lowest BCUT2D eigenvalue weighted by Crippen LogP contribution is -2.47. The van der Waals surface area contributed by atoms with Crippen molar-refractivity contribution in [1.82, 2.24) is 5.06 Å². The van der Waals surface area contributed by atoms with Crippen molar-refractivity contribution in [3.8, 4) is 0 Å². The van der Waals surface area contributed by atoms with Gasteiger partial charge in [-0.2, -0.15) is 0 Å². The van der Waals surface area contributed by atoms with Crippen LogP contribution in [0.3, 0.4) is 0 Å². The van der Waals surface area contributed by atoms with Crippen LogP contribution in [0.5, 0.6) is 0 Å². The highest BCUT2D eigenvalue weighted by Gasteiger charge is 2.52. The molecule has 1 heterocycles. The molecule has 7 heteroatoms. The molecule has 0 bridgehead atoms. The van der Waals surface area contributed by atoms with Crippen molar-refractivity contribution in [2.75, 3.05) is 0 Å². The maximum Gasteiger partial charge on any atom is 0.343 e. The predicted octanol–water partition coefficient (Wildman–Crippen LogP) is 4.17. The summed E-state index contributed by atoms with van der Waals surface area (Å²) in [4.78, 5) is 43.1. The summed E-state index contributed by atoms with van der Waals surface area (Å²) in [7, 11) is 0. The first-order valence-corrected chi connectivity index (χ1v) is 8.86. The Kier molecular flexibility index (Phi) is 4.01. The monoisotopic (exact) mass is 389 g/mol. The van der Waals surface area contributed by atoms with Crippen LogP contribution in [0.2, 0.25) is 10.0 Å². The van der Waals surface area contributed by atoms with Crippen LogP contribution in [-0.2, 0) is 15.0 Å². The number of hydrogen-bond donors (Lipinski definition) is 0. The molecule has 0 radical (unpaired) electrons. The van der Waals surface area contributed by atoms with Gasteiger partial charge >= 0.3 is 5.97 Å². The van der Waals surface area contributed by atoms with Crippen LogP contribution in [0.4, 0.5) is 0 Å². The van der Waals surface area contributed by atoms with Crippen LogP contribution < -0.4 is 0 Å². The van der Waals surface area contributed by atoms with Gasteiger partial charge in [0.15, 0.2) is 0 Å². The summed E-state index contributed by atoms with van der Waals surface area (Å²) in [6.45, 7) is 0. The van der Waals surface area contributed by atoms with E-state index in [1.807, 2.05) is 0 Å². The molecule has 2 aromatic rings. The highest BCUT2D eigenvalue weighted by Crippen LogP contribution is 2.50. The van der Waals surface area contributed by atoms with E-state index in [-0.39, 0.29) is 11.1 Å². The standard InChI is InChI=1S/C19H13Cl2NO4/c20-13-7-3-8-14(21)15(13)19(9-4-10-19)18(25)26-22-16(23)11-5-1-2-6-12(11)17(22)24/h1-3,5-8H,4,9-10H2. The zero-order valence-corrected chi connectivity index (χ0v) is 15.0. The van der Waals surface area contributed by atoms with Gasteiger partial charge in [-0.1, -0.05) is 52.9 Å². The summed E-state index contributed by atoms with van der Waals surface area (Å²) in [5.41, 5.74) is -0.145. The molecule has 0 saturated heterocycles. The van der Waals surface area contributed by atoms with Crippen molar-refractivity contribution in [1.29, 1.82) is 0 Å². The summed E-state index contributed by atoms with van der Waals surface area (Å²) >= 11 is 12.6. The lowest BCUT2D eigenvalue weighted by Gasteiger charge is -2.40. The van der Waals surface area contributed by atoms with Gasteiger partial charge in [-0.25, -0.2) is 4.79 Å². The molecule has 4 rings (SSSR count). The van der Waals surface area contributed by atoms with E-state index in [0.717, 1.165) is 6.42 Å². The molecule has 1 fully saturated rings. The minimum absolute atomic E-state index is 0.212. The topological polar surface area (TPSA) is 63.7 Å². The quantitative estimate of drug-likeness (QED) is 0.738. The molecule has 0 spiro atoms. The molecule has 1 aliphatic heterocycles. The zero-order chi connectivity index (χ0) is 18.5. The molecule has 1 aliphatic carbocycles. The SMILES string of the molecule is O=C1c2ccccc2C(=O)N1OC(=O)C1(c2c(Cl)cccc2Cl)CCC1. The first-order chi connectivity index (χ1) is 12.5. The van der Waals surface area contributed by atoms with Crippen LogP contribution in [0, 0.1) is 0 Å². The van der Waals surface area contributed by atoms with E-state index in [9.17, 15) is 14.4 Å². The van der Waals surface area contributed by atoms with E-state index in [4.69, 9.17) is 28.0 Å². The smallest absolute Gasteiger partial charge is 0.329 e. The van der Waals surface area contributed by atoms with E-state index in [1.54, 1.807) is 30.3 Å². The third kappa shape index (κ3) is 2.35. The van der Waals surface area contributed by atoms with Crippen molar-refractivity contribution in [2.24, 2.45) is 0 Å². The Morgan fingerprint density at radius 2 is 1.46 bits per heavy atom. The minimum atomic E-state index is -1.05. The molecule has 26 heavy (non-hydrogen) atoms. The molecular formula is C19H13Cl2NO4. The second-order valence-electron chi connectivity index (χ2n) is 6.36. The van der Waals surface area contributed by atoms with Gasteiger partial charge in [0.05, 0.1) is 16.5 Å². The van der Waals surface area contributed by atoms with Crippen LogP contribution in [-0.4, -0.2) is 22.8 Å². The Hall–Kier alpha value is -2.37. The number of amides is 2. The summed E-state index contributed by atoms with van der Waals surface area (Å²) in [6, 6.07) is 11.3. The molecule has 5 nitrogen and oxygen atoms in total. The van der Waals surface area contributed by atoms with Crippen molar-refractivity contribution in [2.45, 2.75) is 24.7 Å². The van der Waals surface area contributed by atoms with Gasteiger partial charge in [0.1, 0.15) is 0 Å². The summed E-state index contributed by atoms with van der Waals surface area (Å²) < 4.78 is 0. The van der Waals surface area contributed by atoms with Crippen molar-refractivity contribution in [3.63, 3.8) is 0 Å². The summed E-state index contributed by atoms with van der Waals surface area (Å²) in [6.07, 6.45) is 1.76. The number of nitrogens with zero attached hydrogens (tertiary/aromatic N) is 1. The maximum absolute atomic E-state index is 13.0. The van der Waals surface area contributed by atoms with Gasteiger partial charge in [0.2, 0.25) is 0 Å². The normalized spacial score (nSPS) is 17.7.